The van der Waals surface area contributed by atoms with Gasteiger partial charge < -0.3 is 15.2 Å². The highest BCUT2D eigenvalue weighted by atomic mass is 16.5. The number of carbonyl (C=O) groups is 1. The second-order valence-electron chi connectivity index (χ2n) is 4.96. The van der Waals surface area contributed by atoms with Crippen molar-refractivity contribution in [3.8, 4) is 0 Å². The molecule has 0 bridgehead atoms. The molecule has 0 aromatic carbocycles. The van der Waals surface area contributed by atoms with Crippen molar-refractivity contribution in [2.45, 2.75) is 26.7 Å². The first-order valence-corrected chi connectivity index (χ1v) is 6.99. The van der Waals surface area contributed by atoms with Gasteiger partial charge >= 0.3 is 0 Å². The van der Waals surface area contributed by atoms with Crippen LogP contribution >= 0.6 is 0 Å². The number of rotatable bonds is 7. The molecule has 0 aliphatic carbocycles. The van der Waals surface area contributed by atoms with Crippen LogP contribution in [-0.2, 0) is 11.2 Å². The van der Waals surface area contributed by atoms with Gasteiger partial charge in [0.2, 0.25) is 5.91 Å². The lowest BCUT2D eigenvalue weighted by Crippen LogP contribution is -2.27. The largest absolute Gasteiger partial charge is 0.370 e. The first-order valence-electron chi connectivity index (χ1n) is 6.99. The Morgan fingerprint density at radius 1 is 1.29 bits per heavy atom. The number of aromatic nitrogens is 2. The van der Waals surface area contributed by atoms with Crippen LogP contribution in [0.25, 0.3) is 0 Å². The maximum Gasteiger partial charge on any atom is 0.227 e. The molecule has 2 aromatic rings. The molecule has 0 atom stereocenters. The molecule has 2 aromatic heterocycles. The van der Waals surface area contributed by atoms with Gasteiger partial charge in [0.25, 0.3) is 0 Å². The molecule has 2 rings (SSSR count). The van der Waals surface area contributed by atoms with E-state index in [-0.39, 0.29) is 12.3 Å². The molecule has 0 saturated carbocycles. The second kappa shape index (κ2) is 7.42. The lowest BCUT2D eigenvalue weighted by Gasteiger charge is -2.06. The Kier molecular flexibility index (Phi) is 5.31. The monoisotopic (exact) mass is 288 g/mol. The van der Waals surface area contributed by atoms with Crippen molar-refractivity contribution >= 4 is 11.7 Å². The topological polar surface area (TPSA) is 80.0 Å². The molecule has 2 N–H and O–H groups in total. The predicted molar refractivity (Wildman–Crippen MR) is 80.0 cm³/mol. The summed E-state index contributed by atoms with van der Waals surface area (Å²) in [5.74, 6) is 1.38. The number of pyridine rings is 1. The van der Waals surface area contributed by atoms with Crippen LogP contribution in [0.3, 0.4) is 0 Å². The summed E-state index contributed by atoms with van der Waals surface area (Å²) in [5, 5.41) is 9.80. The van der Waals surface area contributed by atoms with Crippen molar-refractivity contribution in [3.05, 3.63) is 41.4 Å². The lowest BCUT2D eigenvalue weighted by atomic mass is 10.3. The Labute approximate surface area is 123 Å². The lowest BCUT2D eigenvalue weighted by molar-refractivity contribution is -0.120. The van der Waals surface area contributed by atoms with Crippen LogP contribution in [0, 0.1) is 13.8 Å². The first-order chi connectivity index (χ1) is 10.1. The van der Waals surface area contributed by atoms with Crippen molar-refractivity contribution in [3.63, 3.8) is 0 Å². The third-order valence-corrected chi connectivity index (χ3v) is 2.90. The average Bonchev–Trinajstić information content (AvgIpc) is 2.86. The van der Waals surface area contributed by atoms with Crippen molar-refractivity contribution in [2.75, 3.05) is 18.4 Å². The third kappa shape index (κ3) is 5.25. The van der Waals surface area contributed by atoms with Gasteiger partial charge in [-0.25, -0.2) is 4.98 Å². The van der Waals surface area contributed by atoms with Crippen molar-refractivity contribution < 1.29 is 9.32 Å². The van der Waals surface area contributed by atoms with Crippen LogP contribution in [0.15, 0.2) is 28.9 Å². The normalized spacial score (nSPS) is 10.4. The molecule has 2 heterocycles. The molecule has 0 aliphatic rings. The number of carbonyl (C=O) groups excluding carboxylic acids is 1. The summed E-state index contributed by atoms with van der Waals surface area (Å²) in [7, 11) is 0. The van der Waals surface area contributed by atoms with E-state index >= 15 is 0 Å². The highest BCUT2D eigenvalue weighted by molar-refractivity contribution is 5.77. The van der Waals surface area contributed by atoms with Crippen molar-refractivity contribution in [1.29, 1.82) is 0 Å². The Morgan fingerprint density at radius 3 is 2.81 bits per heavy atom. The number of hydrogen-bond acceptors (Lipinski definition) is 5. The summed E-state index contributed by atoms with van der Waals surface area (Å²) >= 11 is 0. The molecule has 6 nitrogen and oxygen atoms in total. The van der Waals surface area contributed by atoms with E-state index in [4.69, 9.17) is 4.52 Å². The number of amides is 1. The zero-order chi connectivity index (χ0) is 15.1. The van der Waals surface area contributed by atoms with E-state index in [1.54, 1.807) is 6.07 Å². The Bertz CT molecular complexity index is 578. The maximum atomic E-state index is 11.7. The second-order valence-corrected chi connectivity index (χ2v) is 4.96. The molecule has 1 amide bonds. The van der Waals surface area contributed by atoms with Crippen LogP contribution in [0.1, 0.15) is 23.4 Å². The van der Waals surface area contributed by atoms with Gasteiger partial charge in [0.1, 0.15) is 11.6 Å². The standard InChI is InChI=1S/C15H20N4O2/c1-11-4-5-14(18-10-11)16-6-3-7-17-15(20)9-13-8-12(2)19-21-13/h4-5,8,10H,3,6-7,9H2,1-2H3,(H,16,18)(H,17,20). The van der Waals surface area contributed by atoms with Gasteiger partial charge in [0.05, 0.1) is 12.1 Å². The SMILES string of the molecule is Cc1ccc(NCCCNC(=O)Cc2cc(C)no2)nc1. The van der Waals surface area contributed by atoms with Crippen LogP contribution in [0.4, 0.5) is 5.82 Å². The Hall–Kier alpha value is -2.37. The summed E-state index contributed by atoms with van der Waals surface area (Å²) in [6.07, 6.45) is 2.88. The Morgan fingerprint density at radius 2 is 2.14 bits per heavy atom. The molecule has 6 heteroatoms. The molecule has 0 saturated heterocycles. The van der Waals surface area contributed by atoms with Crippen molar-refractivity contribution in [1.82, 2.24) is 15.5 Å². The Balaban J connectivity index is 1.59. The van der Waals surface area contributed by atoms with Gasteiger partial charge in [0, 0.05) is 25.4 Å². The fourth-order valence-electron chi connectivity index (χ4n) is 1.83. The number of nitrogens with zero attached hydrogens (tertiary/aromatic N) is 2. The minimum absolute atomic E-state index is 0.0559. The highest BCUT2D eigenvalue weighted by Gasteiger charge is 2.07. The zero-order valence-corrected chi connectivity index (χ0v) is 12.3. The quantitative estimate of drug-likeness (QED) is 0.760. The van der Waals surface area contributed by atoms with Gasteiger partial charge in [-0.15, -0.1) is 0 Å². The van der Waals surface area contributed by atoms with E-state index < -0.39 is 0 Å². The molecule has 0 fully saturated rings. The number of aryl methyl sites for hydroxylation is 2. The summed E-state index contributed by atoms with van der Waals surface area (Å²) in [5.41, 5.74) is 1.92. The van der Waals surface area contributed by atoms with E-state index in [1.807, 2.05) is 32.2 Å². The summed E-state index contributed by atoms with van der Waals surface area (Å²) in [6.45, 7) is 5.21. The highest BCUT2D eigenvalue weighted by Crippen LogP contribution is 2.04. The van der Waals surface area contributed by atoms with Crippen LogP contribution in [-0.4, -0.2) is 29.1 Å². The van der Waals surface area contributed by atoms with Gasteiger partial charge in [-0.3, -0.25) is 4.79 Å². The van der Waals surface area contributed by atoms with Gasteiger partial charge in [-0.1, -0.05) is 11.2 Å². The molecule has 0 aliphatic heterocycles. The molecule has 112 valence electrons. The van der Waals surface area contributed by atoms with E-state index in [1.165, 1.54) is 0 Å². The number of nitrogens with one attached hydrogen (secondary N) is 2. The number of hydrogen-bond donors (Lipinski definition) is 2. The van der Waals surface area contributed by atoms with E-state index in [0.29, 0.717) is 12.3 Å². The summed E-state index contributed by atoms with van der Waals surface area (Å²) in [4.78, 5) is 15.9. The van der Waals surface area contributed by atoms with Gasteiger partial charge in [-0.2, -0.15) is 0 Å². The third-order valence-electron chi connectivity index (χ3n) is 2.90. The van der Waals surface area contributed by atoms with Crippen molar-refractivity contribution in [2.24, 2.45) is 0 Å². The summed E-state index contributed by atoms with van der Waals surface area (Å²) < 4.78 is 5.00. The smallest absolute Gasteiger partial charge is 0.227 e. The molecular weight excluding hydrogens is 268 g/mol. The molecule has 21 heavy (non-hydrogen) atoms. The van der Waals surface area contributed by atoms with Crippen LogP contribution < -0.4 is 10.6 Å². The summed E-state index contributed by atoms with van der Waals surface area (Å²) in [6, 6.07) is 5.72. The van der Waals surface area contributed by atoms with Gasteiger partial charge in [0.15, 0.2) is 0 Å². The van der Waals surface area contributed by atoms with Crippen LogP contribution in [0.5, 0.6) is 0 Å². The fourth-order valence-corrected chi connectivity index (χ4v) is 1.83. The van der Waals surface area contributed by atoms with E-state index in [2.05, 4.69) is 20.8 Å². The molecule has 0 radical (unpaired) electrons. The minimum Gasteiger partial charge on any atom is -0.370 e. The predicted octanol–water partition coefficient (Wildman–Crippen LogP) is 1.85. The molecule has 0 spiro atoms. The average molecular weight is 288 g/mol. The minimum atomic E-state index is -0.0559. The number of anilines is 1. The molecular formula is C15H20N4O2. The van der Waals surface area contributed by atoms with Crippen LogP contribution in [0.2, 0.25) is 0 Å². The molecule has 0 unspecified atom stereocenters. The maximum absolute atomic E-state index is 11.7. The fraction of sp³-hybridized carbons (Fsp3) is 0.400. The van der Waals surface area contributed by atoms with E-state index in [0.717, 1.165) is 30.0 Å². The zero-order valence-electron chi connectivity index (χ0n) is 12.3. The van der Waals surface area contributed by atoms with Gasteiger partial charge in [-0.05, 0) is 31.9 Å². The van der Waals surface area contributed by atoms with E-state index in [9.17, 15) is 4.79 Å². The first kappa shape index (κ1) is 15.0.